The number of aryl methyl sites for hydroxylation is 2. The van der Waals surface area contributed by atoms with Crippen LogP contribution in [0.2, 0.25) is 0 Å². The molecule has 0 fully saturated rings. The van der Waals surface area contributed by atoms with Crippen molar-refractivity contribution in [2.75, 3.05) is 5.32 Å². The molecule has 0 atom stereocenters. The van der Waals surface area contributed by atoms with Crippen LogP contribution in [0.4, 0.5) is 5.69 Å². The predicted molar refractivity (Wildman–Crippen MR) is 87.2 cm³/mol. The van der Waals surface area contributed by atoms with Gasteiger partial charge in [0.25, 0.3) is 0 Å². The molecule has 2 aromatic rings. The fourth-order valence-electron chi connectivity index (χ4n) is 2.27. The van der Waals surface area contributed by atoms with Gasteiger partial charge in [-0.15, -0.1) is 0 Å². The molecule has 2 aromatic carbocycles. The average Bonchev–Trinajstić information content (AvgIpc) is 2.44. The van der Waals surface area contributed by atoms with Gasteiger partial charge in [-0.1, -0.05) is 30.3 Å². The van der Waals surface area contributed by atoms with Gasteiger partial charge in [-0.05, 0) is 48.2 Å². The summed E-state index contributed by atoms with van der Waals surface area (Å²) in [5, 5.41) is 12.4. The first-order valence-electron chi connectivity index (χ1n) is 6.91. The molecule has 0 aliphatic rings. The zero-order valence-corrected chi connectivity index (χ0v) is 12.4. The summed E-state index contributed by atoms with van der Waals surface area (Å²) in [6.07, 6.45) is 0. The first kappa shape index (κ1) is 15.1. The van der Waals surface area contributed by atoms with Crippen molar-refractivity contribution in [3.63, 3.8) is 0 Å². The topological polar surface area (TPSA) is 70.6 Å². The standard InChI is InChI=1S/C17H21N3O/c1-12-7-13(2)9-16(8-12)20-17(18)19-10-14-5-3-4-6-15(14)11-21/h3-9,21H,10-11H2,1-2H3,(H3,18,19,20). The Morgan fingerprint density at radius 2 is 1.71 bits per heavy atom. The second-order valence-electron chi connectivity index (χ2n) is 5.13. The monoisotopic (exact) mass is 283 g/mol. The molecule has 0 aliphatic heterocycles. The normalized spacial score (nSPS) is 11.5. The van der Waals surface area contributed by atoms with Crippen LogP contribution in [0, 0.1) is 13.8 Å². The third-order valence-electron chi connectivity index (χ3n) is 3.20. The Hall–Kier alpha value is -2.33. The Bertz CT molecular complexity index is 630. The van der Waals surface area contributed by atoms with Gasteiger partial charge < -0.3 is 16.2 Å². The number of nitrogens with two attached hydrogens (primary N) is 1. The number of aliphatic hydroxyl groups excluding tert-OH is 1. The van der Waals surface area contributed by atoms with Gasteiger partial charge >= 0.3 is 0 Å². The van der Waals surface area contributed by atoms with Crippen LogP contribution in [-0.2, 0) is 13.2 Å². The van der Waals surface area contributed by atoms with Gasteiger partial charge in [-0.25, -0.2) is 4.99 Å². The molecule has 4 heteroatoms. The fraction of sp³-hybridized carbons (Fsp3) is 0.235. The molecule has 4 N–H and O–H groups in total. The van der Waals surface area contributed by atoms with Crippen molar-refractivity contribution in [2.45, 2.75) is 27.0 Å². The van der Waals surface area contributed by atoms with E-state index in [2.05, 4.69) is 16.4 Å². The smallest absolute Gasteiger partial charge is 0.193 e. The van der Waals surface area contributed by atoms with Crippen LogP contribution in [-0.4, -0.2) is 11.1 Å². The van der Waals surface area contributed by atoms with Crippen LogP contribution in [0.5, 0.6) is 0 Å². The maximum atomic E-state index is 9.28. The number of anilines is 1. The highest BCUT2D eigenvalue weighted by Crippen LogP contribution is 2.14. The third-order valence-corrected chi connectivity index (χ3v) is 3.20. The van der Waals surface area contributed by atoms with E-state index in [9.17, 15) is 5.11 Å². The molecule has 0 heterocycles. The van der Waals surface area contributed by atoms with Crippen molar-refractivity contribution >= 4 is 11.6 Å². The highest BCUT2D eigenvalue weighted by molar-refractivity contribution is 5.92. The zero-order valence-electron chi connectivity index (χ0n) is 12.4. The highest BCUT2D eigenvalue weighted by atomic mass is 16.3. The van der Waals surface area contributed by atoms with E-state index >= 15 is 0 Å². The summed E-state index contributed by atoms with van der Waals surface area (Å²) in [6, 6.07) is 13.8. The first-order valence-corrected chi connectivity index (χ1v) is 6.91. The number of benzene rings is 2. The highest BCUT2D eigenvalue weighted by Gasteiger charge is 2.01. The molecule has 0 aliphatic carbocycles. The maximum absolute atomic E-state index is 9.28. The Kier molecular flexibility index (Phi) is 4.95. The van der Waals surface area contributed by atoms with E-state index < -0.39 is 0 Å². The van der Waals surface area contributed by atoms with Crippen LogP contribution < -0.4 is 11.1 Å². The molecule has 110 valence electrons. The van der Waals surface area contributed by atoms with Gasteiger partial charge in [0, 0.05) is 5.69 Å². The van der Waals surface area contributed by atoms with Crippen molar-refractivity contribution in [2.24, 2.45) is 10.7 Å². The molecule has 0 spiro atoms. The minimum atomic E-state index is 0.0100. The summed E-state index contributed by atoms with van der Waals surface area (Å²) in [6.45, 7) is 4.54. The van der Waals surface area contributed by atoms with E-state index in [1.54, 1.807) is 0 Å². The van der Waals surface area contributed by atoms with Gasteiger partial charge in [-0.3, -0.25) is 0 Å². The summed E-state index contributed by atoms with van der Waals surface area (Å²) in [7, 11) is 0. The summed E-state index contributed by atoms with van der Waals surface area (Å²) < 4.78 is 0. The van der Waals surface area contributed by atoms with E-state index in [0.717, 1.165) is 16.8 Å². The largest absolute Gasteiger partial charge is 0.392 e. The molecule has 0 amide bonds. The van der Waals surface area contributed by atoms with Crippen LogP contribution in [0.3, 0.4) is 0 Å². The van der Waals surface area contributed by atoms with Gasteiger partial charge in [0.15, 0.2) is 5.96 Å². The zero-order chi connectivity index (χ0) is 15.2. The van der Waals surface area contributed by atoms with E-state index in [0.29, 0.717) is 12.5 Å². The van der Waals surface area contributed by atoms with E-state index in [4.69, 9.17) is 5.73 Å². The molecule has 2 rings (SSSR count). The molecule has 4 nitrogen and oxygen atoms in total. The average molecular weight is 283 g/mol. The van der Waals surface area contributed by atoms with E-state index in [1.165, 1.54) is 11.1 Å². The number of guanidine groups is 1. The molecular weight excluding hydrogens is 262 g/mol. The Labute approximate surface area is 125 Å². The summed E-state index contributed by atoms with van der Waals surface area (Å²) in [5.74, 6) is 0.368. The van der Waals surface area contributed by atoms with Crippen LogP contribution in [0.15, 0.2) is 47.5 Å². The molecule has 0 radical (unpaired) electrons. The number of hydrogen-bond acceptors (Lipinski definition) is 2. The van der Waals surface area contributed by atoms with Gasteiger partial charge in [0.1, 0.15) is 0 Å². The van der Waals surface area contributed by atoms with Crippen LogP contribution >= 0.6 is 0 Å². The number of aliphatic hydroxyl groups is 1. The number of rotatable bonds is 4. The Morgan fingerprint density at radius 3 is 2.33 bits per heavy atom. The Morgan fingerprint density at radius 1 is 1.10 bits per heavy atom. The lowest BCUT2D eigenvalue weighted by Gasteiger charge is -2.09. The summed E-state index contributed by atoms with van der Waals surface area (Å²) >= 11 is 0. The van der Waals surface area contributed by atoms with Gasteiger partial charge in [0.2, 0.25) is 0 Å². The molecule has 0 saturated carbocycles. The number of hydrogen-bond donors (Lipinski definition) is 3. The number of nitrogens with one attached hydrogen (secondary N) is 1. The molecular formula is C17H21N3O. The minimum Gasteiger partial charge on any atom is -0.392 e. The fourth-order valence-corrected chi connectivity index (χ4v) is 2.27. The van der Waals surface area contributed by atoms with Crippen LogP contribution in [0.1, 0.15) is 22.3 Å². The molecule has 0 aromatic heterocycles. The quantitative estimate of drug-likeness (QED) is 0.597. The first-order chi connectivity index (χ1) is 10.1. The Balaban J connectivity index is 2.07. The lowest BCUT2D eigenvalue weighted by molar-refractivity contribution is 0.280. The molecule has 0 unspecified atom stereocenters. The van der Waals surface area contributed by atoms with Crippen molar-refractivity contribution in [3.05, 3.63) is 64.7 Å². The van der Waals surface area contributed by atoms with Crippen molar-refractivity contribution in [1.29, 1.82) is 0 Å². The summed E-state index contributed by atoms with van der Waals surface area (Å²) in [5.41, 5.74) is 11.1. The van der Waals surface area contributed by atoms with Gasteiger partial charge in [0.05, 0.1) is 13.2 Å². The third kappa shape index (κ3) is 4.33. The van der Waals surface area contributed by atoms with Crippen molar-refractivity contribution in [3.8, 4) is 0 Å². The van der Waals surface area contributed by atoms with Crippen molar-refractivity contribution in [1.82, 2.24) is 0 Å². The second-order valence-corrected chi connectivity index (χ2v) is 5.13. The van der Waals surface area contributed by atoms with Crippen LogP contribution in [0.25, 0.3) is 0 Å². The number of aliphatic imine (C=N–C) groups is 1. The number of nitrogens with zero attached hydrogens (tertiary/aromatic N) is 1. The van der Waals surface area contributed by atoms with Crippen molar-refractivity contribution < 1.29 is 5.11 Å². The second kappa shape index (κ2) is 6.90. The predicted octanol–water partition coefficient (Wildman–Crippen LogP) is 2.72. The van der Waals surface area contributed by atoms with Gasteiger partial charge in [-0.2, -0.15) is 0 Å². The maximum Gasteiger partial charge on any atom is 0.193 e. The molecule has 0 saturated heterocycles. The minimum absolute atomic E-state index is 0.0100. The SMILES string of the molecule is Cc1cc(C)cc(NC(N)=NCc2ccccc2CO)c1. The molecule has 21 heavy (non-hydrogen) atoms. The van der Waals surface area contributed by atoms with E-state index in [1.807, 2.05) is 50.2 Å². The molecule has 0 bridgehead atoms. The lowest BCUT2D eigenvalue weighted by Crippen LogP contribution is -2.22. The van der Waals surface area contributed by atoms with E-state index in [-0.39, 0.29) is 6.61 Å². The summed E-state index contributed by atoms with van der Waals surface area (Å²) in [4.78, 5) is 4.33. The lowest BCUT2D eigenvalue weighted by atomic mass is 10.1.